The van der Waals surface area contributed by atoms with E-state index in [1.165, 1.54) is 19.3 Å². The molecule has 0 unspecified atom stereocenters. The topological polar surface area (TPSA) is 61.2 Å². The SMILES string of the molecule is O=C1CCN(C(=O)c2cn3cc(Cl)ccc3n2)CCN1CCN1CCCCC1. The smallest absolute Gasteiger partial charge is 0.274 e. The Morgan fingerprint density at radius 2 is 1.82 bits per heavy atom. The van der Waals surface area contributed by atoms with E-state index in [1.54, 1.807) is 33.8 Å². The van der Waals surface area contributed by atoms with E-state index < -0.39 is 0 Å². The van der Waals surface area contributed by atoms with E-state index in [1.807, 2.05) is 4.90 Å². The average Bonchev–Trinajstić information content (AvgIpc) is 3.04. The molecule has 2 aromatic heterocycles. The van der Waals surface area contributed by atoms with Crippen molar-refractivity contribution in [3.05, 3.63) is 35.2 Å². The van der Waals surface area contributed by atoms with Crippen molar-refractivity contribution in [2.75, 3.05) is 45.8 Å². The standard InChI is InChI=1S/C20H26ClN5O2/c21-16-4-5-18-22-17(15-26(18)14-16)20(28)25-9-6-19(27)24(12-13-25)11-10-23-7-2-1-3-8-23/h4-5,14-15H,1-3,6-13H2. The Labute approximate surface area is 169 Å². The van der Waals surface area contributed by atoms with Gasteiger partial charge in [0.15, 0.2) is 0 Å². The molecule has 8 heteroatoms. The largest absolute Gasteiger partial charge is 0.340 e. The molecule has 2 fully saturated rings. The maximum absolute atomic E-state index is 12.9. The van der Waals surface area contributed by atoms with E-state index in [0.29, 0.717) is 42.4 Å². The van der Waals surface area contributed by atoms with Crippen LogP contribution in [-0.4, -0.2) is 81.7 Å². The predicted octanol–water partition coefficient (Wildman–Crippen LogP) is 2.15. The first-order valence-corrected chi connectivity index (χ1v) is 10.4. The fraction of sp³-hybridized carbons (Fsp3) is 0.550. The zero-order valence-electron chi connectivity index (χ0n) is 16.0. The molecule has 0 aromatic carbocycles. The highest BCUT2D eigenvalue weighted by Crippen LogP contribution is 2.15. The number of aromatic nitrogens is 2. The molecule has 150 valence electrons. The monoisotopic (exact) mass is 403 g/mol. The molecule has 0 saturated carbocycles. The van der Waals surface area contributed by atoms with Crippen LogP contribution in [0.5, 0.6) is 0 Å². The van der Waals surface area contributed by atoms with Crippen LogP contribution in [0.25, 0.3) is 5.65 Å². The minimum atomic E-state index is -0.134. The summed E-state index contributed by atoms with van der Waals surface area (Å²) in [6.45, 7) is 5.49. The molecule has 2 aromatic rings. The van der Waals surface area contributed by atoms with Crippen LogP contribution in [0.3, 0.4) is 0 Å². The second kappa shape index (κ2) is 8.49. The second-order valence-electron chi connectivity index (χ2n) is 7.56. The molecule has 4 heterocycles. The van der Waals surface area contributed by atoms with E-state index in [9.17, 15) is 9.59 Å². The third kappa shape index (κ3) is 4.31. The van der Waals surface area contributed by atoms with Crippen molar-refractivity contribution in [3.8, 4) is 0 Å². The number of piperidine rings is 1. The molecule has 2 aliphatic heterocycles. The van der Waals surface area contributed by atoms with Crippen LogP contribution in [0.4, 0.5) is 0 Å². The lowest BCUT2D eigenvalue weighted by atomic mass is 10.1. The lowest BCUT2D eigenvalue weighted by Gasteiger charge is -2.29. The highest BCUT2D eigenvalue weighted by molar-refractivity contribution is 6.30. The molecule has 2 amide bonds. The van der Waals surface area contributed by atoms with Crippen LogP contribution in [0.1, 0.15) is 36.2 Å². The third-order valence-electron chi connectivity index (χ3n) is 5.64. The van der Waals surface area contributed by atoms with Gasteiger partial charge in [-0.2, -0.15) is 0 Å². The van der Waals surface area contributed by atoms with Crippen molar-refractivity contribution in [1.29, 1.82) is 0 Å². The summed E-state index contributed by atoms with van der Waals surface area (Å²) >= 11 is 6.01. The van der Waals surface area contributed by atoms with Gasteiger partial charge in [0.1, 0.15) is 11.3 Å². The highest BCUT2D eigenvalue weighted by Gasteiger charge is 2.26. The number of carbonyl (C=O) groups is 2. The van der Waals surface area contributed by atoms with Crippen LogP contribution in [0.15, 0.2) is 24.5 Å². The van der Waals surface area contributed by atoms with Crippen LogP contribution in [0.2, 0.25) is 5.02 Å². The molecule has 7 nitrogen and oxygen atoms in total. The first-order chi connectivity index (χ1) is 13.6. The van der Waals surface area contributed by atoms with Crippen LogP contribution >= 0.6 is 11.6 Å². The number of nitrogens with zero attached hydrogens (tertiary/aromatic N) is 5. The molecule has 4 rings (SSSR count). The second-order valence-corrected chi connectivity index (χ2v) is 8.00. The minimum Gasteiger partial charge on any atom is -0.340 e. The Kier molecular flexibility index (Phi) is 5.82. The van der Waals surface area contributed by atoms with E-state index in [-0.39, 0.29) is 11.8 Å². The van der Waals surface area contributed by atoms with Gasteiger partial charge in [0, 0.05) is 51.5 Å². The highest BCUT2D eigenvalue weighted by atomic mass is 35.5. The van der Waals surface area contributed by atoms with Gasteiger partial charge in [-0.25, -0.2) is 4.98 Å². The third-order valence-corrected chi connectivity index (χ3v) is 5.87. The van der Waals surface area contributed by atoms with Crippen molar-refractivity contribution in [2.24, 2.45) is 0 Å². The van der Waals surface area contributed by atoms with Gasteiger partial charge in [0.05, 0.1) is 5.02 Å². The van der Waals surface area contributed by atoms with Crippen molar-refractivity contribution >= 4 is 29.1 Å². The van der Waals surface area contributed by atoms with E-state index >= 15 is 0 Å². The Bertz CT molecular complexity index is 861. The van der Waals surface area contributed by atoms with Gasteiger partial charge in [-0.15, -0.1) is 0 Å². The number of rotatable bonds is 4. The van der Waals surface area contributed by atoms with Crippen molar-refractivity contribution in [3.63, 3.8) is 0 Å². The minimum absolute atomic E-state index is 0.133. The normalized spacial score (nSPS) is 19.2. The summed E-state index contributed by atoms with van der Waals surface area (Å²) in [7, 11) is 0. The number of pyridine rings is 1. The summed E-state index contributed by atoms with van der Waals surface area (Å²) in [5.74, 6) is -0.000374. The van der Waals surface area contributed by atoms with Crippen LogP contribution in [0, 0.1) is 0 Å². The van der Waals surface area contributed by atoms with Gasteiger partial charge in [0.25, 0.3) is 5.91 Å². The van der Waals surface area contributed by atoms with Gasteiger partial charge >= 0.3 is 0 Å². The van der Waals surface area contributed by atoms with E-state index in [4.69, 9.17) is 11.6 Å². The number of amides is 2. The Balaban J connectivity index is 1.37. The van der Waals surface area contributed by atoms with Gasteiger partial charge in [-0.05, 0) is 38.1 Å². The maximum atomic E-state index is 12.9. The maximum Gasteiger partial charge on any atom is 0.274 e. The molecule has 2 aliphatic rings. The number of fused-ring (bicyclic) bond motifs is 1. The lowest BCUT2D eigenvalue weighted by molar-refractivity contribution is -0.130. The molecule has 2 saturated heterocycles. The summed E-state index contributed by atoms with van der Waals surface area (Å²) in [4.78, 5) is 35.9. The van der Waals surface area contributed by atoms with Crippen molar-refractivity contribution < 1.29 is 9.59 Å². The van der Waals surface area contributed by atoms with Gasteiger partial charge < -0.3 is 19.1 Å². The summed E-state index contributed by atoms with van der Waals surface area (Å²) in [6.07, 6.45) is 7.61. The summed E-state index contributed by atoms with van der Waals surface area (Å²) in [6, 6.07) is 3.54. The number of carbonyl (C=O) groups excluding carboxylic acids is 2. The predicted molar refractivity (Wildman–Crippen MR) is 108 cm³/mol. The zero-order chi connectivity index (χ0) is 19.5. The number of hydrogen-bond acceptors (Lipinski definition) is 4. The molecule has 28 heavy (non-hydrogen) atoms. The Morgan fingerprint density at radius 1 is 1.00 bits per heavy atom. The lowest BCUT2D eigenvalue weighted by Crippen LogP contribution is -2.41. The van der Waals surface area contributed by atoms with E-state index in [0.717, 1.165) is 26.2 Å². The number of likely N-dealkylation sites (tertiary alicyclic amines) is 1. The first-order valence-electron chi connectivity index (χ1n) is 10.0. The summed E-state index contributed by atoms with van der Waals surface area (Å²) in [5, 5.41) is 0.591. The molecular formula is C20H26ClN5O2. The quantitative estimate of drug-likeness (QED) is 0.784. The fourth-order valence-corrected chi connectivity index (χ4v) is 4.15. The summed E-state index contributed by atoms with van der Waals surface area (Å²) in [5.41, 5.74) is 1.07. The fourth-order valence-electron chi connectivity index (χ4n) is 3.98. The molecular weight excluding hydrogens is 378 g/mol. The molecule has 0 atom stereocenters. The Morgan fingerprint density at radius 3 is 2.64 bits per heavy atom. The molecule has 0 aliphatic carbocycles. The molecule has 0 spiro atoms. The van der Waals surface area contributed by atoms with Crippen molar-refractivity contribution in [1.82, 2.24) is 24.1 Å². The average molecular weight is 404 g/mol. The first kappa shape index (κ1) is 19.2. The molecule has 0 N–H and O–H groups in total. The molecule has 0 radical (unpaired) electrons. The van der Waals surface area contributed by atoms with E-state index in [2.05, 4.69) is 9.88 Å². The summed E-state index contributed by atoms with van der Waals surface area (Å²) < 4.78 is 1.75. The molecule has 0 bridgehead atoms. The van der Waals surface area contributed by atoms with Crippen LogP contribution < -0.4 is 0 Å². The van der Waals surface area contributed by atoms with Gasteiger partial charge in [-0.3, -0.25) is 9.59 Å². The number of halogens is 1. The zero-order valence-corrected chi connectivity index (χ0v) is 16.8. The van der Waals surface area contributed by atoms with Crippen molar-refractivity contribution in [2.45, 2.75) is 25.7 Å². The van der Waals surface area contributed by atoms with Gasteiger partial charge in [0.2, 0.25) is 5.91 Å². The number of hydrogen-bond donors (Lipinski definition) is 0. The van der Waals surface area contributed by atoms with Gasteiger partial charge in [-0.1, -0.05) is 18.0 Å². The number of imidazole rings is 1. The van der Waals surface area contributed by atoms with Crippen LogP contribution in [-0.2, 0) is 4.79 Å². The Hall–Kier alpha value is -2.12.